The first kappa shape index (κ1) is 19.9. The molecule has 4 heterocycles. The van der Waals surface area contributed by atoms with Crippen molar-refractivity contribution >= 4 is 5.69 Å². The Kier molecular flexibility index (Phi) is 5.15. The van der Waals surface area contributed by atoms with Crippen molar-refractivity contribution in [1.29, 1.82) is 5.26 Å². The highest BCUT2D eigenvalue weighted by molar-refractivity contribution is 5.85. The molecule has 160 valence electrons. The Morgan fingerprint density at radius 3 is 2.62 bits per heavy atom. The predicted octanol–water partition coefficient (Wildman–Crippen LogP) is 3.63. The number of piperidine rings is 1. The minimum absolute atomic E-state index is 0.378. The normalized spacial score (nSPS) is 14.5. The molecule has 1 aliphatic heterocycles. The molecule has 3 aromatic heterocycles. The van der Waals surface area contributed by atoms with E-state index in [1.165, 1.54) is 0 Å². The number of aryl methyl sites for hydroxylation is 1. The molecule has 0 aliphatic carbocycles. The topological polar surface area (TPSA) is 88.5 Å². The van der Waals surface area contributed by atoms with Gasteiger partial charge in [0, 0.05) is 55.8 Å². The number of hydrogen-bond donors (Lipinski definition) is 0. The van der Waals surface area contributed by atoms with Crippen molar-refractivity contribution in [2.75, 3.05) is 18.0 Å². The van der Waals surface area contributed by atoms with Crippen LogP contribution in [0.2, 0.25) is 0 Å². The average Bonchev–Trinajstić information content (AvgIpc) is 3.51. The molecule has 32 heavy (non-hydrogen) atoms. The van der Waals surface area contributed by atoms with Crippen LogP contribution in [0.15, 0.2) is 55.4 Å². The summed E-state index contributed by atoms with van der Waals surface area (Å²) in [5.41, 5.74) is 5.72. The Balaban J connectivity index is 1.52. The summed E-state index contributed by atoms with van der Waals surface area (Å²) in [6.45, 7) is 3.79. The second-order valence-corrected chi connectivity index (χ2v) is 8.16. The Morgan fingerprint density at radius 1 is 1.09 bits per heavy atom. The Hall–Kier alpha value is -3.99. The van der Waals surface area contributed by atoms with Gasteiger partial charge < -0.3 is 9.47 Å². The number of hydrogen-bond acceptors (Lipinski definition) is 6. The fourth-order valence-corrected chi connectivity index (χ4v) is 4.64. The highest BCUT2D eigenvalue weighted by Crippen LogP contribution is 2.39. The molecule has 0 radical (unpaired) electrons. The molecule has 1 aliphatic rings. The standard InChI is InChI=1S/C24H24N8/c1-17-21(14-26-15-22(17)32-10-4-9-28-32)20-6-3-5-19(13-25)23(20)31-11-7-18(8-12-31)24-29-27-16-30(24)2/h3-6,9-10,14-16,18H,7-8,11-12H2,1-2H3. The van der Waals surface area contributed by atoms with E-state index in [0.717, 1.165) is 59.8 Å². The lowest BCUT2D eigenvalue weighted by atomic mass is 9.92. The van der Waals surface area contributed by atoms with Crippen LogP contribution >= 0.6 is 0 Å². The molecule has 5 rings (SSSR count). The molecule has 0 bridgehead atoms. The van der Waals surface area contributed by atoms with Crippen LogP contribution in [-0.2, 0) is 7.05 Å². The molecule has 1 aromatic carbocycles. The third-order valence-corrected chi connectivity index (χ3v) is 6.31. The van der Waals surface area contributed by atoms with Crippen LogP contribution in [-0.4, -0.2) is 42.6 Å². The van der Waals surface area contributed by atoms with E-state index < -0.39 is 0 Å². The first-order valence-corrected chi connectivity index (χ1v) is 10.7. The number of pyridine rings is 1. The van der Waals surface area contributed by atoms with Gasteiger partial charge in [-0.1, -0.05) is 12.1 Å². The summed E-state index contributed by atoms with van der Waals surface area (Å²) in [6.07, 6.45) is 11.1. The highest BCUT2D eigenvalue weighted by Gasteiger charge is 2.27. The average molecular weight is 425 g/mol. The minimum Gasteiger partial charge on any atom is -0.370 e. The van der Waals surface area contributed by atoms with E-state index in [0.29, 0.717) is 11.5 Å². The molecule has 1 saturated heterocycles. The van der Waals surface area contributed by atoms with Gasteiger partial charge in [-0.3, -0.25) is 4.98 Å². The molecule has 0 atom stereocenters. The van der Waals surface area contributed by atoms with Crippen molar-refractivity contribution < 1.29 is 0 Å². The molecule has 8 heteroatoms. The monoisotopic (exact) mass is 424 g/mol. The smallest absolute Gasteiger partial charge is 0.135 e. The van der Waals surface area contributed by atoms with Gasteiger partial charge in [0.1, 0.15) is 18.2 Å². The SMILES string of the molecule is Cc1c(-c2cccc(C#N)c2N2CCC(c3nncn3C)CC2)cncc1-n1cccn1. The van der Waals surface area contributed by atoms with Gasteiger partial charge in [-0.05, 0) is 37.5 Å². The van der Waals surface area contributed by atoms with Gasteiger partial charge in [-0.2, -0.15) is 10.4 Å². The lowest BCUT2D eigenvalue weighted by molar-refractivity contribution is 0.474. The van der Waals surface area contributed by atoms with Crippen LogP contribution in [0, 0.1) is 18.3 Å². The largest absolute Gasteiger partial charge is 0.370 e. The van der Waals surface area contributed by atoms with Crippen LogP contribution in [0.3, 0.4) is 0 Å². The zero-order valence-corrected chi connectivity index (χ0v) is 18.2. The molecule has 0 saturated carbocycles. The van der Waals surface area contributed by atoms with Gasteiger partial charge in [0.15, 0.2) is 0 Å². The van der Waals surface area contributed by atoms with Crippen molar-refractivity contribution in [2.45, 2.75) is 25.7 Å². The van der Waals surface area contributed by atoms with Crippen molar-refractivity contribution in [1.82, 2.24) is 29.5 Å². The molecular weight excluding hydrogens is 400 g/mol. The maximum absolute atomic E-state index is 9.91. The van der Waals surface area contributed by atoms with Gasteiger partial charge >= 0.3 is 0 Å². The summed E-state index contributed by atoms with van der Waals surface area (Å²) in [6, 6.07) is 10.2. The number of rotatable bonds is 4. The van der Waals surface area contributed by atoms with E-state index in [4.69, 9.17) is 0 Å². The summed E-state index contributed by atoms with van der Waals surface area (Å²) in [5, 5.41) is 22.6. The molecule has 0 amide bonds. The summed E-state index contributed by atoms with van der Waals surface area (Å²) in [7, 11) is 1.99. The van der Waals surface area contributed by atoms with Gasteiger partial charge in [0.2, 0.25) is 0 Å². The van der Waals surface area contributed by atoms with E-state index in [-0.39, 0.29) is 0 Å². The summed E-state index contributed by atoms with van der Waals surface area (Å²) < 4.78 is 3.83. The first-order chi connectivity index (χ1) is 15.7. The fourth-order valence-electron chi connectivity index (χ4n) is 4.64. The Bertz CT molecular complexity index is 1270. The Morgan fingerprint density at radius 2 is 1.94 bits per heavy atom. The minimum atomic E-state index is 0.378. The van der Waals surface area contributed by atoms with E-state index in [1.807, 2.05) is 53.1 Å². The van der Waals surface area contributed by atoms with Gasteiger partial charge in [-0.25, -0.2) is 4.68 Å². The summed E-state index contributed by atoms with van der Waals surface area (Å²) in [4.78, 5) is 6.83. The van der Waals surface area contributed by atoms with Crippen molar-refractivity contribution in [3.05, 3.63) is 72.3 Å². The maximum atomic E-state index is 9.91. The number of para-hydroxylation sites is 1. The fraction of sp³-hybridized carbons (Fsp3) is 0.292. The number of nitrogens with zero attached hydrogens (tertiary/aromatic N) is 8. The third kappa shape index (κ3) is 3.42. The van der Waals surface area contributed by atoms with Crippen molar-refractivity contribution in [3.8, 4) is 22.9 Å². The molecule has 4 aromatic rings. The summed E-state index contributed by atoms with van der Waals surface area (Å²) >= 11 is 0. The zero-order valence-electron chi connectivity index (χ0n) is 18.2. The molecule has 0 N–H and O–H groups in total. The number of nitriles is 1. The number of benzene rings is 1. The summed E-state index contributed by atoms with van der Waals surface area (Å²) in [5.74, 6) is 1.41. The van der Waals surface area contributed by atoms with Crippen molar-refractivity contribution in [3.63, 3.8) is 0 Å². The van der Waals surface area contributed by atoms with Crippen LogP contribution in [0.1, 0.15) is 35.7 Å². The molecular formula is C24H24N8. The van der Waals surface area contributed by atoms with Crippen LogP contribution < -0.4 is 4.90 Å². The van der Waals surface area contributed by atoms with E-state index >= 15 is 0 Å². The maximum Gasteiger partial charge on any atom is 0.135 e. The molecule has 1 fully saturated rings. The zero-order chi connectivity index (χ0) is 22.1. The van der Waals surface area contributed by atoms with E-state index in [2.05, 4.69) is 44.2 Å². The van der Waals surface area contributed by atoms with Crippen molar-refractivity contribution in [2.24, 2.45) is 7.05 Å². The van der Waals surface area contributed by atoms with E-state index in [1.54, 1.807) is 12.5 Å². The predicted molar refractivity (Wildman–Crippen MR) is 121 cm³/mol. The second-order valence-electron chi connectivity index (χ2n) is 8.16. The highest BCUT2D eigenvalue weighted by atomic mass is 15.3. The van der Waals surface area contributed by atoms with E-state index in [9.17, 15) is 5.26 Å². The van der Waals surface area contributed by atoms with Gasteiger partial charge in [0.25, 0.3) is 0 Å². The van der Waals surface area contributed by atoms with Gasteiger partial charge in [0.05, 0.1) is 23.1 Å². The number of anilines is 1. The number of aromatic nitrogens is 6. The molecule has 0 spiro atoms. The van der Waals surface area contributed by atoms with Gasteiger partial charge in [-0.15, -0.1) is 10.2 Å². The third-order valence-electron chi connectivity index (χ3n) is 6.31. The first-order valence-electron chi connectivity index (χ1n) is 10.7. The molecule has 8 nitrogen and oxygen atoms in total. The lowest BCUT2D eigenvalue weighted by Gasteiger charge is -2.35. The second kappa shape index (κ2) is 8.27. The van der Waals surface area contributed by atoms with Crippen LogP contribution in [0.5, 0.6) is 0 Å². The van der Waals surface area contributed by atoms with Crippen LogP contribution in [0.4, 0.5) is 5.69 Å². The Labute approximate surface area is 186 Å². The lowest BCUT2D eigenvalue weighted by Crippen LogP contribution is -2.34. The quantitative estimate of drug-likeness (QED) is 0.497. The molecule has 0 unspecified atom stereocenters. The van der Waals surface area contributed by atoms with Crippen LogP contribution in [0.25, 0.3) is 16.8 Å².